The number of hydrogen-bond acceptors (Lipinski definition) is 4. The molecule has 8 heteroatoms. The molecular weight excluding hydrogens is 387 g/mol. The summed E-state index contributed by atoms with van der Waals surface area (Å²) in [7, 11) is 3.98. The third-order valence-electron chi connectivity index (χ3n) is 5.47. The topological polar surface area (TPSA) is 50.6 Å². The van der Waals surface area contributed by atoms with Crippen molar-refractivity contribution in [2.45, 2.75) is 6.54 Å². The van der Waals surface area contributed by atoms with Crippen LogP contribution in [0.3, 0.4) is 0 Å². The molecule has 2 unspecified atom stereocenters. The van der Waals surface area contributed by atoms with E-state index in [1.54, 1.807) is 34.1 Å². The number of benzene rings is 1. The molecule has 2 aromatic rings. The van der Waals surface area contributed by atoms with Gasteiger partial charge in [-0.3, -0.25) is 0 Å². The first-order valence-electron chi connectivity index (χ1n) is 8.98. The van der Waals surface area contributed by atoms with Gasteiger partial charge >= 0.3 is 6.09 Å². The van der Waals surface area contributed by atoms with E-state index in [-0.39, 0.29) is 0 Å². The SMILES string of the molecule is CN1CC2C(C1)C2CN(Cc1ccc(Cl)c(Cl)c1)C(=O)Oc1cn(C)cn1. The highest BCUT2D eigenvalue weighted by Crippen LogP contribution is 2.51. The lowest BCUT2D eigenvalue weighted by Crippen LogP contribution is -2.36. The number of rotatable bonds is 5. The smallest absolute Gasteiger partial charge is 0.389 e. The van der Waals surface area contributed by atoms with Gasteiger partial charge in [-0.25, -0.2) is 9.78 Å². The summed E-state index contributed by atoms with van der Waals surface area (Å²) in [5, 5.41) is 0.986. The van der Waals surface area contributed by atoms with Crippen LogP contribution in [0.5, 0.6) is 5.88 Å². The van der Waals surface area contributed by atoms with Crippen molar-refractivity contribution in [2.75, 3.05) is 26.7 Å². The van der Waals surface area contributed by atoms with E-state index in [9.17, 15) is 4.79 Å². The van der Waals surface area contributed by atoms with Crippen molar-refractivity contribution in [2.24, 2.45) is 24.8 Å². The Hall–Kier alpha value is -1.76. The van der Waals surface area contributed by atoms with Crippen LogP contribution in [-0.4, -0.2) is 52.1 Å². The number of fused-ring (bicyclic) bond motifs is 1. The number of likely N-dealkylation sites (tertiary alicyclic amines) is 1. The molecule has 1 aromatic heterocycles. The Bertz CT molecular complexity index is 844. The highest BCUT2D eigenvalue weighted by molar-refractivity contribution is 6.42. The number of halogens is 2. The van der Waals surface area contributed by atoms with Gasteiger partial charge in [0.1, 0.15) is 0 Å². The molecule has 1 aliphatic heterocycles. The van der Waals surface area contributed by atoms with Gasteiger partial charge in [0.2, 0.25) is 5.88 Å². The fourth-order valence-corrected chi connectivity index (χ4v) is 4.36. The Labute approximate surface area is 168 Å². The predicted octanol–water partition coefficient (Wildman–Crippen LogP) is 3.54. The number of piperidine rings is 1. The van der Waals surface area contributed by atoms with Crippen molar-refractivity contribution in [3.8, 4) is 5.88 Å². The lowest BCUT2D eigenvalue weighted by atomic mass is 10.2. The highest BCUT2D eigenvalue weighted by Gasteiger charge is 2.55. The van der Waals surface area contributed by atoms with Gasteiger partial charge in [0.05, 0.1) is 22.6 Å². The maximum atomic E-state index is 12.8. The van der Waals surface area contributed by atoms with E-state index in [1.807, 2.05) is 13.1 Å². The van der Waals surface area contributed by atoms with Crippen molar-refractivity contribution in [1.29, 1.82) is 0 Å². The first kappa shape index (κ1) is 18.6. The van der Waals surface area contributed by atoms with Gasteiger partial charge in [-0.05, 0) is 42.5 Å². The van der Waals surface area contributed by atoms with E-state index in [0.29, 0.717) is 46.8 Å². The van der Waals surface area contributed by atoms with E-state index in [2.05, 4.69) is 16.9 Å². The average molecular weight is 409 g/mol. The molecule has 0 spiro atoms. The molecule has 2 aliphatic rings. The Balaban J connectivity index is 1.47. The summed E-state index contributed by atoms with van der Waals surface area (Å²) in [6.45, 7) is 3.31. The van der Waals surface area contributed by atoms with E-state index in [1.165, 1.54) is 0 Å². The quantitative estimate of drug-likeness (QED) is 0.758. The van der Waals surface area contributed by atoms with Crippen LogP contribution >= 0.6 is 23.2 Å². The minimum absolute atomic E-state index is 0.303. The molecule has 1 amide bonds. The second-order valence-corrected chi connectivity index (χ2v) is 8.40. The third-order valence-corrected chi connectivity index (χ3v) is 6.21. The number of carbonyl (C=O) groups excluding carboxylic acids is 1. The number of imidazole rings is 1. The van der Waals surface area contributed by atoms with Crippen LogP contribution in [0, 0.1) is 17.8 Å². The van der Waals surface area contributed by atoms with E-state index in [0.717, 1.165) is 18.7 Å². The van der Waals surface area contributed by atoms with Crippen LogP contribution in [0.1, 0.15) is 5.56 Å². The number of nitrogens with zero attached hydrogens (tertiary/aromatic N) is 4. The summed E-state index contributed by atoms with van der Waals surface area (Å²) in [5.74, 6) is 2.18. The lowest BCUT2D eigenvalue weighted by molar-refractivity contribution is 0.142. The van der Waals surface area contributed by atoms with Crippen LogP contribution in [0.4, 0.5) is 4.79 Å². The van der Waals surface area contributed by atoms with Crippen LogP contribution in [0.2, 0.25) is 10.0 Å². The third kappa shape index (κ3) is 4.08. The molecule has 0 radical (unpaired) electrons. The van der Waals surface area contributed by atoms with Gasteiger partial charge in [-0.1, -0.05) is 29.3 Å². The maximum Gasteiger partial charge on any atom is 0.416 e. The molecule has 27 heavy (non-hydrogen) atoms. The Morgan fingerprint density at radius 2 is 2.00 bits per heavy atom. The molecule has 1 aromatic carbocycles. The Morgan fingerprint density at radius 3 is 2.63 bits per heavy atom. The van der Waals surface area contributed by atoms with E-state index < -0.39 is 6.09 Å². The zero-order valence-electron chi connectivity index (χ0n) is 15.3. The molecule has 2 heterocycles. The minimum Gasteiger partial charge on any atom is -0.389 e. The summed E-state index contributed by atoms with van der Waals surface area (Å²) in [5.41, 5.74) is 0.922. The van der Waals surface area contributed by atoms with Crippen molar-refractivity contribution < 1.29 is 9.53 Å². The molecule has 1 aliphatic carbocycles. The van der Waals surface area contributed by atoms with Crippen molar-refractivity contribution in [3.63, 3.8) is 0 Å². The van der Waals surface area contributed by atoms with Gasteiger partial charge in [0, 0.05) is 33.2 Å². The summed E-state index contributed by atoms with van der Waals surface area (Å²) in [6.07, 6.45) is 2.89. The zero-order valence-corrected chi connectivity index (χ0v) is 16.8. The highest BCUT2D eigenvalue weighted by atomic mass is 35.5. The zero-order chi connectivity index (χ0) is 19.1. The molecule has 144 valence electrons. The number of amides is 1. The van der Waals surface area contributed by atoms with Crippen molar-refractivity contribution >= 4 is 29.3 Å². The Morgan fingerprint density at radius 1 is 1.26 bits per heavy atom. The molecule has 1 saturated carbocycles. The lowest BCUT2D eigenvalue weighted by Gasteiger charge is -2.23. The fraction of sp³-hybridized carbons (Fsp3) is 0.474. The Kier molecular flexibility index (Phi) is 5.05. The molecule has 6 nitrogen and oxygen atoms in total. The predicted molar refractivity (Wildman–Crippen MR) is 104 cm³/mol. The van der Waals surface area contributed by atoms with E-state index >= 15 is 0 Å². The van der Waals surface area contributed by atoms with Crippen LogP contribution in [-0.2, 0) is 13.6 Å². The fourth-order valence-electron chi connectivity index (χ4n) is 4.04. The average Bonchev–Trinajstić information content (AvgIpc) is 2.95. The van der Waals surface area contributed by atoms with Crippen LogP contribution in [0.15, 0.2) is 30.7 Å². The van der Waals surface area contributed by atoms with Gasteiger partial charge in [-0.2, -0.15) is 0 Å². The van der Waals surface area contributed by atoms with Crippen molar-refractivity contribution in [1.82, 2.24) is 19.4 Å². The van der Waals surface area contributed by atoms with Crippen LogP contribution in [0.25, 0.3) is 0 Å². The largest absolute Gasteiger partial charge is 0.416 e. The first-order valence-corrected chi connectivity index (χ1v) is 9.73. The number of carbonyl (C=O) groups is 1. The summed E-state index contributed by atoms with van der Waals surface area (Å²) in [4.78, 5) is 21.0. The maximum absolute atomic E-state index is 12.8. The summed E-state index contributed by atoms with van der Waals surface area (Å²) < 4.78 is 7.22. The minimum atomic E-state index is -0.391. The van der Waals surface area contributed by atoms with Crippen molar-refractivity contribution in [3.05, 3.63) is 46.3 Å². The molecule has 4 rings (SSSR count). The first-order chi connectivity index (χ1) is 12.9. The summed E-state index contributed by atoms with van der Waals surface area (Å²) >= 11 is 12.1. The normalized spacial score (nSPS) is 23.9. The number of aromatic nitrogens is 2. The number of ether oxygens (including phenoxy) is 1. The standard InChI is InChI=1S/C19H22Cl2N4O2/c1-23-7-13-14(8-23)15(13)9-25(6-12-3-4-16(20)17(21)5-12)19(26)27-18-10-24(2)11-22-18/h3-5,10-11,13-15H,6-9H2,1-2H3. The molecule has 2 fully saturated rings. The molecule has 0 bridgehead atoms. The summed E-state index contributed by atoms with van der Waals surface area (Å²) in [6, 6.07) is 5.44. The molecule has 0 N–H and O–H groups in total. The second kappa shape index (κ2) is 7.34. The molecule has 1 saturated heterocycles. The number of hydrogen-bond donors (Lipinski definition) is 0. The van der Waals surface area contributed by atoms with E-state index in [4.69, 9.17) is 27.9 Å². The monoisotopic (exact) mass is 408 g/mol. The van der Waals surface area contributed by atoms with Gasteiger partial charge in [0.25, 0.3) is 0 Å². The van der Waals surface area contributed by atoms with Gasteiger partial charge in [-0.15, -0.1) is 0 Å². The molecule has 2 atom stereocenters. The second-order valence-electron chi connectivity index (χ2n) is 7.59. The molecular formula is C19H22Cl2N4O2. The van der Waals surface area contributed by atoms with Crippen LogP contribution < -0.4 is 4.74 Å². The number of aryl methyl sites for hydroxylation is 1. The van der Waals surface area contributed by atoms with Gasteiger partial charge < -0.3 is 19.1 Å². The van der Waals surface area contributed by atoms with Gasteiger partial charge in [0.15, 0.2) is 0 Å².